The Balaban J connectivity index is 1.81. The van der Waals surface area contributed by atoms with E-state index in [9.17, 15) is 9.59 Å². The third kappa shape index (κ3) is 5.78. The van der Waals surface area contributed by atoms with E-state index in [1.165, 1.54) is 18.9 Å². The number of ether oxygens (including phenoxy) is 2. The number of aryl methyl sites for hydroxylation is 2. The highest BCUT2D eigenvalue weighted by molar-refractivity contribution is 9.10. The van der Waals surface area contributed by atoms with Crippen molar-refractivity contribution < 1.29 is 19.1 Å². The fourth-order valence-corrected chi connectivity index (χ4v) is 3.53. The van der Waals surface area contributed by atoms with Crippen LogP contribution in [0.5, 0.6) is 5.75 Å². The van der Waals surface area contributed by atoms with Gasteiger partial charge in [0.15, 0.2) is 6.61 Å². The molecule has 0 unspecified atom stereocenters. The molecule has 0 fully saturated rings. The summed E-state index contributed by atoms with van der Waals surface area (Å²) in [5.74, 6) is -0.165. The minimum atomic E-state index is -0.440. The van der Waals surface area contributed by atoms with E-state index < -0.39 is 11.9 Å². The number of anilines is 1. The molecule has 0 aliphatic rings. The van der Waals surface area contributed by atoms with Gasteiger partial charge in [-0.1, -0.05) is 28.1 Å². The maximum Gasteiger partial charge on any atom is 0.316 e. The Morgan fingerprint density at radius 3 is 2.62 bits per heavy atom. The van der Waals surface area contributed by atoms with E-state index in [1.807, 2.05) is 26.0 Å². The van der Waals surface area contributed by atoms with Gasteiger partial charge in [-0.3, -0.25) is 9.59 Å². The summed E-state index contributed by atoms with van der Waals surface area (Å²) in [7, 11) is 1.52. The number of hydrogen-bond acceptors (Lipinski definition) is 5. The van der Waals surface area contributed by atoms with Gasteiger partial charge in [-0.15, -0.1) is 11.8 Å². The van der Waals surface area contributed by atoms with Gasteiger partial charge in [0.05, 0.1) is 18.6 Å². The molecule has 0 saturated heterocycles. The summed E-state index contributed by atoms with van der Waals surface area (Å²) >= 11 is 4.88. The number of methoxy groups -OCH3 is 1. The van der Waals surface area contributed by atoms with Gasteiger partial charge in [0.2, 0.25) is 0 Å². The predicted octanol–water partition coefficient (Wildman–Crippen LogP) is 4.35. The maximum atomic E-state index is 11.9. The van der Waals surface area contributed by atoms with Gasteiger partial charge >= 0.3 is 5.97 Å². The second-order valence-corrected chi connectivity index (χ2v) is 7.44. The number of hydrogen-bond donors (Lipinski definition) is 1. The smallest absolute Gasteiger partial charge is 0.316 e. The number of para-hydroxylation sites is 2. The third-order valence-electron chi connectivity index (χ3n) is 3.55. The summed E-state index contributed by atoms with van der Waals surface area (Å²) in [5, 5.41) is 2.66. The van der Waals surface area contributed by atoms with Crippen LogP contribution < -0.4 is 10.1 Å². The number of thioether (sulfide) groups is 1. The average Bonchev–Trinajstić information content (AvgIpc) is 2.62. The van der Waals surface area contributed by atoms with Crippen molar-refractivity contribution in [2.75, 3.05) is 24.8 Å². The normalized spacial score (nSPS) is 10.3. The van der Waals surface area contributed by atoms with Crippen LogP contribution in [-0.4, -0.2) is 31.3 Å². The van der Waals surface area contributed by atoms with Crippen LogP contribution in [0.25, 0.3) is 0 Å². The second-order valence-electron chi connectivity index (χ2n) is 5.56. The lowest BCUT2D eigenvalue weighted by atomic mass is 10.2. The lowest BCUT2D eigenvalue weighted by molar-refractivity contribution is -0.144. The molecule has 0 heterocycles. The molecular formula is C19H20BrNO4S. The van der Waals surface area contributed by atoms with Crippen LogP contribution in [-0.2, 0) is 14.3 Å². The molecule has 2 aromatic rings. The zero-order valence-corrected chi connectivity index (χ0v) is 17.2. The Morgan fingerprint density at radius 1 is 1.15 bits per heavy atom. The molecule has 1 amide bonds. The topological polar surface area (TPSA) is 64.6 Å². The number of nitrogens with one attached hydrogen (secondary N) is 1. The largest absolute Gasteiger partial charge is 0.495 e. The summed E-state index contributed by atoms with van der Waals surface area (Å²) in [4.78, 5) is 24.9. The third-order valence-corrected chi connectivity index (χ3v) is 5.53. The van der Waals surface area contributed by atoms with Gasteiger partial charge in [-0.25, -0.2) is 0 Å². The molecule has 0 aromatic heterocycles. The van der Waals surface area contributed by atoms with Crippen LogP contribution in [0.1, 0.15) is 11.1 Å². The molecule has 2 aromatic carbocycles. The number of benzene rings is 2. The summed E-state index contributed by atoms with van der Waals surface area (Å²) in [6, 6.07) is 11.1. The van der Waals surface area contributed by atoms with Crippen LogP contribution >= 0.6 is 27.7 Å². The lowest BCUT2D eigenvalue weighted by Gasteiger charge is -2.10. The van der Waals surface area contributed by atoms with Crippen LogP contribution in [0.15, 0.2) is 45.8 Å². The number of carbonyl (C=O) groups excluding carboxylic acids is 2. The molecule has 7 heteroatoms. The van der Waals surface area contributed by atoms with Crippen molar-refractivity contribution in [1.82, 2.24) is 0 Å². The highest BCUT2D eigenvalue weighted by atomic mass is 79.9. The summed E-state index contributed by atoms with van der Waals surface area (Å²) in [5.41, 5.74) is 2.71. The van der Waals surface area contributed by atoms with E-state index in [0.29, 0.717) is 11.4 Å². The van der Waals surface area contributed by atoms with Crippen molar-refractivity contribution in [3.05, 3.63) is 52.0 Å². The van der Waals surface area contributed by atoms with E-state index >= 15 is 0 Å². The first-order valence-electron chi connectivity index (χ1n) is 7.88. The van der Waals surface area contributed by atoms with E-state index in [4.69, 9.17) is 9.47 Å². The monoisotopic (exact) mass is 437 g/mol. The molecule has 0 aliphatic carbocycles. The molecule has 138 valence electrons. The maximum absolute atomic E-state index is 11.9. The van der Waals surface area contributed by atoms with E-state index in [0.717, 1.165) is 20.5 Å². The predicted molar refractivity (Wildman–Crippen MR) is 107 cm³/mol. The molecule has 0 bridgehead atoms. The molecule has 26 heavy (non-hydrogen) atoms. The minimum absolute atomic E-state index is 0.143. The molecule has 0 spiro atoms. The number of carbonyl (C=O) groups is 2. The molecule has 0 radical (unpaired) electrons. The first kappa shape index (κ1) is 20.3. The molecule has 1 N–H and O–H groups in total. The van der Waals surface area contributed by atoms with Crippen LogP contribution in [0.4, 0.5) is 5.69 Å². The van der Waals surface area contributed by atoms with Crippen molar-refractivity contribution in [1.29, 1.82) is 0 Å². The van der Waals surface area contributed by atoms with Crippen LogP contribution in [0.2, 0.25) is 0 Å². The highest BCUT2D eigenvalue weighted by Gasteiger charge is 2.12. The van der Waals surface area contributed by atoms with E-state index in [-0.39, 0.29) is 12.4 Å². The quantitative estimate of drug-likeness (QED) is 0.515. The van der Waals surface area contributed by atoms with Crippen molar-refractivity contribution in [2.24, 2.45) is 0 Å². The zero-order valence-electron chi connectivity index (χ0n) is 14.8. The van der Waals surface area contributed by atoms with Crippen molar-refractivity contribution in [3.63, 3.8) is 0 Å². The lowest BCUT2D eigenvalue weighted by Crippen LogP contribution is -2.21. The average molecular weight is 438 g/mol. The summed E-state index contributed by atoms with van der Waals surface area (Å²) in [6.45, 7) is 3.64. The number of amides is 1. The molecule has 5 nitrogen and oxygen atoms in total. The number of halogens is 1. The van der Waals surface area contributed by atoms with E-state index in [1.54, 1.807) is 24.3 Å². The molecule has 0 saturated carbocycles. The Labute approximate surface area is 165 Å². The Bertz CT molecular complexity index is 810. The van der Waals surface area contributed by atoms with Gasteiger partial charge in [0.25, 0.3) is 5.91 Å². The van der Waals surface area contributed by atoms with Gasteiger partial charge in [-0.2, -0.15) is 0 Å². The Morgan fingerprint density at radius 2 is 1.88 bits per heavy atom. The second kappa shape index (κ2) is 9.64. The van der Waals surface area contributed by atoms with Gasteiger partial charge < -0.3 is 14.8 Å². The van der Waals surface area contributed by atoms with Crippen LogP contribution in [0, 0.1) is 13.8 Å². The first-order valence-corrected chi connectivity index (χ1v) is 9.66. The highest BCUT2D eigenvalue weighted by Crippen LogP contribution is 2.28. The zero-order chi connectivity index (χ0) is 19.1. The fraction of sp³-hybridized carbons (Fsp3) is 0.263. The van der Waals surface area contributed by atoms with Gasteiger partial charge in [0, 0.05) is 9.37 Å². The van der Waals surface area contributed by atoms with Gasteiger partial charge in [-0.05, 0) is 49.2 Å². The summed E-state index contributed by atoms with van der Waals surface area (Å²) in [6.07, 6.45) is 0. The van der Waals surface area contributed by atoms with Crippen LogP contribution in [0.3, 0.4) is 0 Å². The Hall–Kier alpha value is -1.99. The minimum Gasteiger partial charge on any atom is -0.495 e. The fourth-order valence-electron chi connectivity index (χ4n) is 2.17. The van der Waals surface area contributed by atoms with Crippen molar-refractivity contribution in [2.45, 2.75) is 18.7 Å². The Kier molecular flexibility index (Phi) is 7.53. The molecular weight excluding hydrogens is 418 g/mol. The van der Waals surface area contributed by atoms with Crippen molar-refractivity contribution >= 4 is 45.3 Å². The SMILES string of the molecule is COc1ccccc1NC(=O)COC(=O)CSc1cc(C)c(Br)cc1C. The number of esters is 1. The molecule has 0 atom stereocenters. The van der Waals surface area contributed by atoms with Crippen molar-refractivity contribution in [3.8, 4) is 5.75 Å². The van der Waals surface area contributed by atoms with E-state index in [2.05, 4.69) is 21.2 Å². The molecule has 0 aliphatic heterocycles. The standard InChI is InChI=1S/C19H20BrNO4S/c1-12-9-17(13(2)8-14(12)20)26-11-19(23)25-10-18(22)21-15-6-4-5-7-16(15)24-3/h4-9H,10-11H2,1-3H3,(H,21,22). The number of rotatable bonds is 7. The molecule has 2 rings (SSSR count). The first-order chi connectivity index (χ1) is 12.4. The van der Waals surface area contributed by atoms with Gasteiger partial charge in [0.1, 0.15) is 5.75 Å². The summed E-state index contributed by atoms with van der Waals surface area (Å²) < 4.78 is 11.2.